The van der Waals surface area contributed by atoms with E-state index in [-0.39, 0.29) is 12.3 Å². The zero-order valence-electron chi connectivity index (χ0n) is 14.9. The van der Waals surface area contributed by atoms with E-state index < -0.39 is 0 Å². The van der Waals surface area contributed by atoms with Crippen molar-refractivity contribution < 1.29 is 4.79 Å². The van der Waals surface area contributed by atoms with Gasteiger partial charge in [0.15, 0.2) is 5.82 Å². The van der Waals surface area contributed by atoms with Gasteiger partial charge in [-0.15, -0.1) is 0 Å². The minimum absolute atomic E-state index is 0.0366. The summed E-state index contributed by atoms with van der Waals surface area (Å²) in [5.41, 5.74) is 3.96. The van der Waals surface area contributed by atoms with Gasteiger partial charge in [-0.25, -0.2) is 9.67 Å². The molecule has 5 nitrogen and oxygen atoms in total. The molecule has 1 aromatic carbocycles. The van der Waals surface area contributed by atoms with E-state index in [4.69, 9.17) is 11.6 Å². The molecule has 2 heterocycles. The number of rotatable bonds is 6. The van der Waals surface area contributed by atoms with E-state index in [1.54, 1.807) is 12.3 Å². The monoisotopic (exact) mass is 368 g/mol. The Balaban J connectivity index is 1.61. The van der Waals surface area contributed by atoms with Crippen LogP contribution in [0.25, 0.3) is 5.82 Å². The second-order valence-corrected chi connectivity index (χ2v) is 6.52. The molecule has 134 valence electrons. The minimum Gasteiger partial charge on any atom is -0.355 e. The highest BCUT2D eigenvalue weighted by molar-refractivity contribution is 6.31. The van der Waals surface area contributed by atoms with Crippen LogP contribution >= 0.6 is 11.6 Å². The fourth-order valence-electron chi connectivity index (χ4n) is 2.94. The van der Waals surface area contributed by atoms with Crippen molar-refractivity contribution in [2.24, 2.45) is 0 Å². The minimum atomic E-state index is -0.0366. The Labute approximate surface area is 158 Å². The van der Waals surface area contributed by atoms with Crippen LogP contribution in [0.1, 0.15) is 22.5 Å². The number of nitrogens with zero attached hydrogens (tertiary/aromatic N) is 3. The van der Waals surface area contributed by atoms with Crippen molar-refractivity contribution in [3.05, 3.63) is 76.2 Å². The number of hydrogen-bond donors (Lipinski definition) is 1. The Hall–Kier alpha value is -2.66. The predicted octanol–water partition coefficient (Wildman–Crippen LogP) is 3.44. The third kappa shape index (κ3) is 4.11. The molecule has 0 fully saturated rings. The van der Waals surface area contributed by atoms with E-state index in [0.29, 0.717) is 11.6 Å². The van der Waals surface area contributed by atoms with Crippen molar-refractivity contribution >= 4 is 17.5 Å². The van der Waals surface area contributed by atoms with Crippen molar-refractivity contribution in [1.82, 2.24) is 20.1 Å². The molecule has 1 N–H and O–H groups in total. The molecule has 2 aromatic heterocycles. The fourth-order valence-corrected chi connectivity index (χ4v) is 3.15. The first-order valence-corrected chi connectivity index (χ1v) is 8.90. The predicted molar refractivity (Wildman–Crippen MR) is 103 cm³/mol. The summed E-state index contributed by atoms with van der Waals surface area (Å²) >= 11 is 6.10. The number of carbonyl (C=O) groups excluding carboxylic acids is 1. The van der Waals surface area contributed by atoms with Crippen LogP contribution in [-0.2, 0) is 17.6 Å². The number of carbonyl (C=O) groups is 1. The lowest BCUT2D eigenvalue weighted by Crippen LogP contribution is -2.27. The standard InChI is InChI=1S/C20H21ClN4O/c1-14-17(15(2)25(24-14)19-9-5-6-11-22-19)10-12-23-20(26)13-16-7-3-4-8-18(16)21/h3-9,11H,10,12-13H2,1-2H3,(H,23,26). The van der Waals surface area contributed by atoms with Crippen LogP contribution < -0.4 is 5.32 Å². The molecule has 0 aliphatic rings. The molecule has 0 aliphatic carbocycles. The third-order valence-corrected chi connectivity index (χ3v) is 4.68. The first-order valence-electron chi connectivity index (χ1n) is 8.53. The van der Waals surface area contributed by atoms with Gasteiger partial charge in [-0.2, -0.15) is 5.10 Å². The van der Waals surface area contributed by atoms with Crippen molar-refractivity contribution in [3.63, 3.8) is 0 Å². The number of amides is 1. The first-order chi connectivity index (χ1) is 12.6. The number of benzene rings is 1. The lowest BCUT2D eigenvalue weighted by atomic mass is 10.1. The summed E-state index contributed by atoms with van der Waals surface area (Å²) < 4.78 is 1.84. The number of nitrogens with one attached hydrogen (secondary N) is 1. The Bertz CT molecular complexity index is 905. The molecule has 0 saturated heterocycles. The number of halogens is 1. The van der Waals surface area contributed by atoms with E-state index in [0.717, 1.165) is 34.8 Å². The maximum absolute atomic E-state index is 12.2. The quantitative estimate of drug-likeness (QED) is 0.725. The van der Waals surface area contributed by atoms with E-state index in [2.05, 4.69) is 15.4 Å². The van der Waals surface area contributed by atoms with Crippen molar-refractivity contribution in [1.29, 1.82) is 0 Å². The van der Waals surface area contributed by atoms with Crippen LogP contribution in [0.5, 0.6) is 0 Å². The first kappa shape index (κ1) is 18.1. The third-order valence-electron chi connectivity index (χ3n) is 4.31. The van der Waals surface area contributed by atoms with Gasteiger partial charge in [0.05, 0.1) is 12.1 Å². The van der Waals surface area contributed by atoms with E-state index >= 15 is 0 Å². The normalized spacial score (nSPS) is 10.7. The average molecular weight is 369 g/mol. The van der Waals surface area contributed by atoms with Gasteiger partial charge in [0.1, 0.15) is 0 Å². The fraction of sp³-hybridized carbons (Fsp3) is 0.250. The second-order valence-electron chi connectivity index (χ2n) is 6.12. The van der Waals surface area contributed by atoms with Crippen LogP contribution in [-0.4, -0.2) is 27.2 Å². The molecule has 0 radical (unpaired) electrons. The summed E-state index contributed by atoms with van der Waals surface area (Å²) in [6.45, 7) is 4.56. The van der Waals surface area contributed by atoms with Gasteiger partial charge in [-0.3, -0.25) is 4.79 Å². The largest absolute Gasteiger partial charge is 0.355 e. The molecule has 0 spiro atoms. The van der Waals surface area contributed by atoms with Crippen LogP contribution in [0.3, 0.4) is 0 Å². The van der Waals surface area contributed by atoms with Crippen LogP contribution in [0, 0.1) is 13.8 Å². The van der Waals surface area contributed by atoms with Gasteiger partial charge in [-0.05, 0) is 49.6 Å². The molecule has 0 saturated carbocycles. The SMILES string of the molecule is Cc1nn(-c2ccccn2)c(C)c1CCNC(=O)Cc1ccccc1Cl. The zero-order chi connectivity index (χ0) is 18.5. The molecule has 3 rings (SSSR count). The zero-order valence-corrected chi connectivity index (χ0v) is 15.6. The highest BCUT2D eigenvalue weighted by Gasteiger charge is 2.14. The average Bonchev–Trinajstić information content (AvgIpc) is 2.92. The topological polar surface area (TPSA) is 59.8 Å². The number of hydrogen-bond acceptors (Lipinski definition) is 3. The molecule has 0 bridgehead atoms. The number of pyridine rings is 1. The molecule has 0 unspecified atom stereocenters. The molecule has 1 amide bonds. The van der Waals surface area contributed by atoms with Crippen LogP contribution in [0.4, 0.5) is 0 Å². The molecule has 0 atom stereocenters. The van der Waals surface area contributed by atoms with Crippen molar-refractivity contribution in [3.8, 4) is 5.82 Å². The highest BCUT2D eigenvalue weighted by atomic mass is 35.5. The van der Waals surface area contributed by atoms with Gasteiger partial charge < -0.3 is 5.32 Å². The maximum atomic E-state index is 12.2. The second kappa shape index (κ2) is 8.15. The number of aromatic nitrogens is 3. The van der Waals surface area contributed by atoms with Gasteiger partial charge in [0.2, 0.25) is 5.91 Å². The molecule has 3 aromatic rings. The Morgan fingerprint density at radius 1 is 1.15 bits per heavy atom. The lowest BCUT2D eigenvalue weighted by Gasteiger charge is -2.07. The summed E-state index contributed by atoms with van der Waals surface area (Å²) in [5.74, 6) is 0.757. The summed E-state index contributed by atoms with van der Waals surface area (Å²) in [5, 5.41) is 8.16. The van der Waals surface area contributed by atoms with Crippen molar-refractivity contribution in [2.45, 2.75) is 26.7 Å². The lowest BCUT2D eigenvalue weighted by molar-refractivity contribution is -0.120. The summed E-state index contributed by atoms with van der Waals surface area (Å²) in [6.07, 6.45) is 2.75. The number of aryl methyl sites for hydroxylation is 1. The van der Waals surface area contributed by atoms with Crippen LogP contribution in [0.2, 0.25) is 5.02 Å². The van der Waals surface area contributed by atoms with Gasteiger partial charge >= 0.3 is 0 Å². The summed E-state index contributed by atoms with van der Waals surface area (Å²) in [7, 11) is 0. The highest BCUT2D eigenvalue weighted by Crippen LogP contribution is 2.17. The van der Waals surface area contributed by atoms with Crippen LogP contribution in [0.15, 0.2) is 48.7 Å². The maximum Gasteiger partial charge on any atom is 0.224 e. The van der Waals surface area contributed by atoms with Gasteiger partial charge in [0.25, 0.3) is 0 Å². The summed E-state index contributed by atoms with van der Waals surface area (Å²) in [6, 6.07) is 13.1. The Kier molecular flexibility index (Phi) is 5.68. The molecule has 6 heteroatoms. The Morgan fingerprint density at radius 2 is 1.92 bits per heavy atom. The molecular formula is C20H21ClN4O. The summed E-state index contributed by atoms with van der Waals surface area (Å²) in [4.78, 5) is 16.5. The van der Waals surface area contributed by atoms with E-state index in [1.165, 1.54) is 0 Å². The van der Waals surface area contributed by atoms with Gasteiger partial charge in [0, 0.05) is 23.5 Å². The Morgan fingerprint density at radius 3 is 2.65 bits per heavy atom. The molecule has 0 aliphatic heterocycles. The van der Waals surface area contributed by atoms with E-state index in [9.17, 15) is 4.79 Å². The molecule has 26 heavy (non-hydrogen) atoms. The molecular weight excluding hydrogens is 348 g/mol. The van der Waals surface area contributed by atoms with Gasteiger partial charge in [-0.1, -0.05) is 35.9 Å². The van der Waals surface area contributed by atoms with E-state index in [1.807, 2.05) is 54.9 Å². The van der Waals surface area contributed by atoms with Crippen molar-refractivity contribution in [2.75, 3.05) is 6.54 Å². The smallest absolute Gasteiger partial charge is 0.224 e.